The maximum Gasteiger partial charge on any atom is 0.338 e. The van der Waals surface area contributed by atoms with Gasteiger partial charge >= 0.3 is 5.97 Å². The third-order valence-corrected chi connectivity index (χ3v) is 5.09. The average molecular weight is 361 g/mol. The van der Waals surface area contributed by atoms with Gasteiger partial charge < -0.3 is 4.74 Å². The fourth-order valence-electron chi connectivity index (χ4n) is 2.24. The number of hydrogen-bond acceptors (Lipinski definition) is 5. The standard InChI is InChI=1S/C18H19NO5S/c1-12-7-8-13(2)16(9-12)17(20)11-24-18(21)14-5-4-6-15(10-14)25(22,23)19-3/h4-10,19H,11H2,1-3H3. The summed E-state index contributed by atoms with van der Waals surface area (Å²) >= 11 is 0. The molecule has 0 heterocycles. The van der Waals surface area contributed by atoms with Gasteiger partial charge in [0.05, 0.1) is 10.5 Å². The lowest BCUT2D eigenvalue weighted by Crippen LogP contribution is -2.19. The van der Waals surface area contributed by atoms with Crippen LogP contribution in [0.5, 0.6) is 0 Å². The molecule has 0 saturated carbocycles. The summed E-state index contributed by atoms with van der Waals surface area (Å²) in [4.78, 5) is 24.3. The lowest BCUT2D eigenvalue weighted by molar-refractivity contribution is 0.0474. The molecule has 0 amide bonds. The van der Waals surface area contributed by atoms with Gasteiger partial charge in [0.1, 0.15) is 0 Å². The van der Waals surface area contributed by atoms with Gasteiger partial charge in [0.15, 0.2) is 6.61 Å². The van der Waals surface area contributed by atoms with Crippen molar-refractivity contribution in [2.75, 3.05) is 13.7 Å². The van der Waals surface area contributed by atoms with E-state index in [-0.39, 0.29) is 16.2 Å². The average Bonchev–Trinajstić information content (AvgIpc) is 2.61. The van der Waals surface area contributed by atoms with Gasteiger partial charge in [-0.2, -0.15) is 0 Å². The first-order chi connectivity index (χ1) is 11.7. The molecular formula is C18H19NO5S. The Morgan fingerprint density at radius 2 is 1.80 bits per heavy atom. The number of hydrogen-bond donors (Lipinski definition) is 1. The van der Waals surface area contributed by atoms with Crippen LogP contribution in [0.1, 0.15) is 31.8 Å². The van der Waals surface area contributed by atoms with Crippen molar-refractivity contribution in [3.8, 4) is 0 Å². The van der Waals surface area contributed by atoms with Gasteiger partial charge in [0.25, 0.3) is 0 Å². The van der Waals surface area contributed by atoms with E-state index in [2.05, 4.69) is 4.72 Å². The van der Waals surface area contributed by atoms with Gasteiger partial charge in [-0.15, -0.1) is 0 Å². The topological polar surface area (TPSA) is 89.5 Å². The van der Waals surface area contributed by atoms with Gasteiger partial charge in [0.2, 0.25) is 15.8 Å². The first-order valence-corrected chi connectivity index (χ1v) is 9.04. The predicted molar refractivity (Wildman–Crippen MR) is 93.2 cm³/mol. The Morgan fingerprint density at radius 3 is 2.48 bits per heavy atom. The quantitative estimate of drug-likeness (QED) is 0.630. The van der Waals surface area contributed by atoms with Crippen LogP contribution in [-0.4, -0.2) is 33.8 Å². The predicted octanol–water partition coefficient (Wildman–Crippen LogP) is 2.25. The second-order valence-electron chi connectivity index (χ2n) is 5.55. The number of ether oxygens (including phenoxy) is 1. The lowest BCUT2D eigenvalue weighted by atomic mass is 10.0. The summed E-state index contributed by atoms with van der Waals surface area (Å²) in [5.41, 5.74) is 2.29. The van der Waals surface area contributed by atoms with Gasteiger partial charge in [-0.3, -0.25) is 4.79 Å². The molecule has 6 nitrogen and oxygen atoms in total. The highest BCUT2D eigenvalue weighted by molar-refractivity contribution is 7.89. The van der Waals surface area contributed by atoms with Crippen LogP contribution in [0.3, 0.4) is 0 Å². The van der Waals surface area contributed by atoms with Crippen LogP contribution in [0.15, 0.2) is 47.4 Å². The van der Waals surface area contributed by atoms with Crippen LogP contribution in [0, 0.1) is 13.8 Å². The zero-order chi connectivity index (χ0) is 18.6. The molecule has 132 valence electrons. The molecule has 1 N–H and O–H groups in total. The number of ketones is 1. The van der Waals surface area contributed by atoms with Crippen LogP contribution < -0.4 is 4.72 Å². The molecule has 0 bridgehead atoms. The van der Waals surface area contributed by atoms with Crippen LogP contribution in [0.4, 0.5) is 0 Å². The maximum absolute atomic E-state index is 12.2. The molecule has 0 radical (unpaired) electrons. The summed E-state index contributed by atoms with van der Waals surface area (Å²) in [6.45, 7) is 3.27. The number of nitrogens with one attached hydrogen (secondary N) is 1. The van der Waals surface area contributed by atoms with Crippen molar-refractivity contribution in [3.05, 3.63) is 64.7 Å². The summed E-state index contributed by atoms with van der Waals surface area (Å²) < 4.78 is 30.8. The Labute approximate surface area is 146 Å². The second kappa shape index (κ2) is 7.58. The Morgan fingerprint density at radius 1 is 1.08 bits per heavy atom. The van der Waals surface area contributed by atoms with Crippen molar-refractivity contribution in [1.29, 1.82) is 0 Å². The van der Waals surface area contributed by atoms with Gasteiger partial charge in [-0.1, -0.05) is 23.8 Å². The maximum atomic E-state index is 12.2. The van der Waals surface area contributed by atoms with Crippen molar-refractivity contribution < 1.29 is 22.7 Å². The van der Waals surface area contributed by atoms with E-state index in [1.165, 1.54) is 31.3 Å². The molecule has 25 heavy (non-hydrogen) atoms. The summed E-state index contributed by atoms with van der Waals surface area (Å²) in [7, 11) is -2.38. The first kappa shape index (κ1) is 18.8. The summed E-state index contributed by atoms with van der Waals surface area (Å²) in [5, 5.41) is 0. The highest BCUT2D eigenvalue weighted by Gasteiger charge is 2.17. The lowest BCUT2D eigenvalue weighted by Gasteiger charge is -2.08. The Hall–Kier alpha value is -2.51. The largest absolute Gasteiger partial charge is 0.454 e. The third kappa shape index (κ3) is 4.52. The molecule has 0 atom stereocenters. The smallest absolute Gasteiger partial charge is 0.338 e. The van der Waals surface area contributed by atoms with Crippen molar-refractivity contribution in [3.63, 3.8) is 0 Å². The van der Waals surface area contributed by atoms with Crippen molar-refractivity contribution in [2.24, 2.45) is 0 Å². The van der Waals surface area contributed by atoms with E-state index in [1.54, 1.807) is 13.0 Å². The number of Topliss-reactive ketones (excluding diaryl/α,β-unsaturated/α-hetero) is 1. The number of rotatable bonds is 6. The van der Waals surface area contributed by atoms with Crippen molar-refractivity contribution in [1.82, 2.24) is 4.72 Å². The third-order valence-electron chi connectivity index (χ3n) is 3.68. The summed E-state index contributed by atoms with van der Waals surface area (Å²) in [6, 6.07) is 10.9. The molecule has 0 spiro atoms. The molecule has 0 aliphatic rings. The Balaban J connectivity index is 2.12. The van der Waals surface area contributed by atoms with Crippen LogP contribution in [-0.2, 0) is 14.8 Å². The molecule has 0 unspecified atom stereocenters. The number of sulfonamides is 1. The van der Waals surface area contributed by atoms with Crippen LogP contribution >= 0.6 is 0 Å². The van der Waals surface area contributed by atoms with Crippen molar-refractivity contribution >= 4 is 21.8 Å². The molecule has 0 aliphatic heterocycles. The summed E-state index contributed by atoms with van der Waals surface area (Å²) in [5.74, 6) is -1.07. The van der Waals surface area contributed by atoms with E-state index in [0.29, 0.717) is 5.56 Å². The number of carbonyl (C=O) groups is 2. The fourth-order valence-corrected chi connectivity index (χ4v) is 3.01. The van der Waals surface area contributed by atoms with E-state index < -0.39 is 22.6 Å². The zero-order valence-electron chi connectivity index (χ0n) is 14.2. The normalized spacial score (nSPS) is 11.2. The van der Waals surface area contributed by atoms with Crippen molar-refractivity contribution in [2.45, 2.75) is 18.7 Å². The molecule has 0 aliphatic carbocycles. The SMILES string of the molecule is CNS(=O)(=O)c1cccc(C(=O)OCC(=O)c2cc(C)ccc2C)c1. The summed E-state index contributed by atoms with van der Waals surface area (Å²) in [6.07, 6.45) is 0. The highest BCUT2D eigenvalue weighted by Crippen LogP contribution is 2.14. The molecular weight excluding hydrogens is 342 g/mol. The Kier molecular flexibility index (Phi) is 5.71. The van der Waals surface area contributed by atoms with Gasteiger partial charge in [-0.05, 0) is 50.7 Å². The number of esters is 1. The highest BCUT2D eigenvalue weighted by atomic mass is 32.2. The monoisotopic (exact) mass is 361 g/mol. The van der Waals surface area contributed by atoms with E-state index in [1.807, 2.05) is 19.1 Å². The van der Waals surface area contributed by atoms with E-state index in [9.17, 15) is 18.0 Å². The number of benzene rings is 2. The molecule has 2 aromatic rings. The van der Waals surface area contributed by atoms with Crippen LogP contribution in [0.2, 0.25) is 0 Å². The molecule has 0 aromatic heterocycles. The first-order valence-electron chi connectivity index (χ1n) is 7.56. The number of carbonyl (C=O) groups excluding carboxylic acids is 2. The zero-order valence-corrected chi connectivity index (χ0v) is 15.0. The Bertz CT molecular complexity index is 919. The molecule has 2 rings (SSSR count). The molecule has 7 heteroatoms. The second-order valence-corrected chi connectivity index (χ2v) is 7.44. The molecule has 0 fully saturated rings. The van der Waals surface area contributed by atoms with Gasteiger partial charge in [0, 0.05) is 5.56 Å². The molecule has 2 aromatic carbocycles. The minimum Gasteiger partial charge on any atom is -0.454 e. The van der Waals surface area contributed by atoms with E-state index in [0.717, 1.165) is 11.1 Å². The minimum atomic E-state index is -3.66. The number of aryl methyl sites for hydroxylation is 2. The fraction of sp³-hybridized carbons (Fsp3) is 0.222. The molecule has 0 saturated heterocycles. The van der Waals surface area contributed by atoms with Crippen LogP contribution in [0.25, 0.3) is 0 Å². The minimum absolute atomic E-state index is 0.0506. The van der Waals surface area contributed by atoms with E-state index >= 15 is 0 Å². The van der Waals surface area contributed by atoms with Gasteiger partial charge in [-0.25, -0.2) is 17.9 Å². The van der Waals surface area contributed by atoms with E-state index in [4.69, 9.17) is 4.74 Å².